The lowest BCUT2D eigenvalue weighted by Crippen LogP contribution is -2.38. The van der Waals surface area contributed by atoms with E-state index in [1.165, 1.54) is 11.3 Å². The minimum atomic E-state index is -0.654. The van der Waals surface area contributed by atoms with Crippen LogP contribution < -0.4 is 10.5 Å². The van der Waals surface area contributed by atoms with Gasteiger partial charge >= 0.3 is 0 Å². The first-order valence-electron chi connectivity index (χ1n) is 9.81. The number of nitrogens with zero attached hydrogens (tertiary/aromatic N) is 2. The summed E-state index contributed by atoms with van der Waals surface area (Å²) in [5.74, 6) is 1.49. The molecule has 0 saturated heterocycles. The number of benzene rings is 2. The van der Waals surface area contributed by atoms with E-state index in [-0.39, 0.29) is 5.78 Å². The van der Waals surface area contributed by atoms with Gasteiger partial charge in [-0.3, -0.25) is 4.79 Å². The van der Waals surface area contributed by atoms with E-state index < -0.39 is 12.2 Å². The summed E-state index contributed by atoms with van der Waals surface area (Å²) < 4.78 is 13.2. The van der Waals surface area contributed by atoms with Crippen molar-refractivity contribution < 1.29 is 14.3 Å². The van der Waals surface area contributed by atoms with E-state index in [9.17, 15) is 4.79 Å². The molecule has 8 heteroatoms. The summed E-state index contributed by atoms with van der Waals surface area (Å²) >= 11 is 3.03. The van der Waals surface area contributed by atoms with E-state index in [0.717, 1.165) is 34.1 Å². The van der Waals surface area contributed by atoms with Gasteiger partial charge in [0.2, 0.25) is 5.13 Å². The molecule has 1 aromatic heterocycles. The van der Waals surface area contributed by atoms with Gasteiger partial charge in [0.25, 0.3) is 0 Å². The van der Waals surface area contributed by atoms with Gasteiger partial charge < -0.3 is 15.2 Å². The zero-order valence-electron chi connectivity index (χ0n) is 16.6. The Labute approximate surface area is 183 Å². The van der Waals surface area contributed by atoms with Crippen LogP contribution in [0.2, 0.25) is 0 Å². The van der Waals surface area contributed by atoms with Crippen LogP contribution in [0.5, 0.6) is 5.75 Å². The lowest BCUT2D eigenvalue weighted by molar-refractivity contribution is -0.0224. The van der Waals surface area contributed by atoms with Gasteiger partial charge in [0, 0.05) is 12.4 Å². The number of unbranched alkanes of at least 4 members (excludes halogenated alkanes) is 1. The van der Waals surface area contributed by atoms with Crippen molar-refractivity contribution in [1.82, 2.24) is 10.2 Å². The molecule has 0 aliphatic carbocycles. The maximum Gasteiger partial charge on any atom is 0.203 e. The number of Topliss-reactive ketones (excluding diaryl/α,β-unsaturated/α-hetero) is 1. The van der Waals surface area contributed by atoms with Gasteiger partial charge in [-0.05, 0) is 37.5 Å². The standard InChI is InChI=1S/C22H23N3O3S2/c1-14-8-10-15(11-9-14)19-20(18(26)16-6-2-3-7-17(16)28-19)27-12-4-5-13-29-22-25-24-21(23)30-22/h2-3,6-11,19-20H,4-5,12-13H2,1H3,(H2,23,24). The molecule has 0 saturated carbocycles. The number of aromatic nitrogens is 2. The SMILES string of the molecule is Cc1ccc(C2Oc3ccccc3C(=O)C2OCCCCSc2nnc(N)s2)cc1. The maximum absolute atomic E-state index is 13.1. The second-order valence-electron chi connectivity index (χ2n) is 7.06. The average molecular weight is 442 g/mol. The van der Waals surface area contributed by atoms with Crippen LogP contribution in [0.1, 0.15) is 40.4 Å². The molecule has 0 fully saturated rings. The summed E-state index contributed by atoms with van der Waals surface area (Å²) in [6.45, 7) is 2.52. The number of anilines is 1. The molecule has 4 rings (SSSR count). The van der Waals surface area contributed by atoms with Crippen LogP contribution in [-0.2, 0) is 4.74 Å². The Hall–Kier alpha value is -2.42. The lowest BCUT2D eigenvalue weighted by Gasteiger charge is -2.32. The lowest BCUT2D eigenvalue weighted by atomic mass is 9.93. The van der Waals surface area contributed by atoms with Crippen molar-refractivity contribution in [1.29, 1.82) is 0 Å². The molecule has 2 N–H and O–H groups in total. The number of ether oxygens (including phenoxy) is 2. The predicted octanol–water partition coefficient (Wildman–Crippen LogP) is 4.70. The molecular weight excluding hydrogens is 418 g/mol. The molecule has 2 atom stereocenters. The van der Waals surface area contributed by atoms with E-state index in [2.05, 4.69) is 10.2 Å². The maximum atomic E-state index is 13.1. The first-order valence-corrected chi connectivity index (χ1v) is 11.6. The van der Waals surface area contributed by atoms with Crippen LogP contribution in [0.4, 0.5) is 5.13 Å². The normalized spacial score (nSPS) is 18.1. The Morgan fingerprint density at radius 1 is 1.13 bits per heavy atom. The highest BCUT2D eigenvalue weighted by atomic mass is 32.2. The second-order valence-corrected chi connectivity index (χ2v) is 9.41. The Morgan fingerprint density at radius 3 is 2.70 bits per heavy atom. The average Bonchev–Trinajstić information content (AvgIpc) is 3.17. The van der Waals surface area contributed by atoms with E-state index in [1.807, 2.05) is 49.4 Å². The van der Waals surface area contributed by atoms with E-state index >= 15 is 0 Å². The molecule has 30 heavy (non-hydrogen) atoms. The molecule has 2 unspecified atom stereocenters. The minimum absolute atomic E-state index is 0.0267. The van der Waals surface area contributed by atoms with Crippen LogP contribution in [0.3, 0.4) is 0 Å². The number of aryl methyl sites for hydroxylation is 1. The quantitative estimate of drug-likeness (QED) is 0.400. The van der Waals surface area contributed by atoms with Gasteiger partial charge in [-0.15, -0.1) is 10.2 Å². The Kier molecular flexibility index (Phi) is 6.66. The number of hydrogen-bond donors (Lipinski definition) is 1. The number of nitrogen functional groups attached to an aromatic ring is 1. The highest BCUT2D eigenvalue weighted by molar-refractivity contribution is 8.01. The van der Waals surface area contributed by atoms with Crippen molar-refractivity contribution in [3.63, 3.8) is 0 Å². The summed E-state index contributed by atoms with van der Waals surface area (Å²) in [7, 11) is 0. The van der Waals surface area contributed by atoms with Crippen molar-refractivity contribution in [2.75, 3.05) is 18.1 Å². The Morgan fingerprint density at radius 2 is 1.93 bits per heavy atom. The molecule has 0 bridgehead atoms. The molecule has 0 amide bonds. The summed E-state index contributed by atoms with van der Waals surface area (Å²) in [5, 5.41) is 8.30. The number of hydrogen-bond acceptors (Lipinski definition) is 8. The van der Waals surface area contributed by atoms with Crippen molar-refractivity contribution >= 4 is 34.0 Å². The molecule has 1 aliphatic rings. The summed E-state index contributed by atoms with van der Waals surface area (Å²) in [6.07, 6.45) is 0.676. The highest BCUT2D eigenvalue weighted by Crippen LogP contribution is 2.36. The van der Waals surface area contributed by atoms with Crippen LogP contribution >= 0.6 is 23.1 Å². The number of fused-ring (bicyclic) bond motifs is 1. The number of ketones is 1. The number of para-hydroxylation sites is 1. The third-order valence-electron chi connectivity index (χ3n) is 4.83. The Bertz CT molecular complexity index is 1010. The van der Waals surface area contributed by atoms with Crippen LogP contribution in [0, 0.1) is 6.92 Å². The number of carbonyl (C=O) groups excluding carboxylic acids is 1. The first kappa shape index (κ1) is 20.8. The van der Waals surface area contributed by atoms with Gasteiger partial charge in [0.1, 0.15) is 5.75 Å². The summed E-state index contributed by atoms with van der Waals surface area (Å²) in [6, 6.07) is 15.4. The summed E-state index contributed by atoms with van der Waals surface area (Å²) in [4.78, 5) is 13.1. The van der Waals surface area contributed by atoms with E-state index in [0.29, 0.717) is 23.1 Å². The molecule has 1 aliphatic heterocycles. The second kappa shape index (κ2) is 9.59. The number of rotatable bonds is 8. The number of thioether (sulfide) groups is 1. The highest BCUT2D eigenvalue weighted by Gasteiger charge is 2.38. The molecular formula is C22H23N3O3S2. The molecule has 156 valence electrons. The molecule has 2 heterocycles. The van der Waals surface area contributed by atoms with Crippen LogP contribution in [0.25, 0.3) is 0 Å². The minimum Gasteiger partial charge on any atom is -0.482 e. The van der Waals surface area contributed by atoms with Crippen LogP contribution in [0.15, 0.2) is 52.9 Å². The van der Waals surface area contributed by atoms with Gasteiger partial charge in [-0.1, -0.05) is 65.1 Å². The monoisotopic (exact) mass is 441 g/mol. The van der Waals surface area contributed by atoms with Gasteiger partial charge in [-0.25, -0.2) is 0 Å². The topological polar surface area (TPSA) is 87.3 Å². The largest absolute Gasteiger partial charge is 0.482 e. The van der Waals surface area contributed by atoms with Crippen molar-refractivity contribution in [3.8, 4) is 5.75 Å². The number of carbonyl (C=O) groups is 1. The van der Waals surface area contributed by atoms with Crippen molar-refractivity contribution in [2.24, 2.45) is 0 Å². The van der Waals surface area contributed by atoms with Crippen molar-refractivity contribution in [2.45, 2.75) is 36.3 Å². The Balaban J connectivity index is 1.38. The molecule has 0 spiro atoms. The third kappa shape index (κ3) is 4.83. The first-order chi connectivity index (χ1) is 14.6. The molecule has 3 aromatic rings. The van der Waals surface area contributed by atoms with E-state index in [1.54, 1.807) is 17.8 Å². The summed E-state index contributed by atoms with van der Waals surface area (Å²) in [5.41, 5.74) is 8.28. The predicted molar refractivity (Wildman–Crippen MR) is 119 cm³/mol. The fraction of sp³-hybridized carbons (Fsp3) is 0.318. The number of nitrogens with two attached hydrogens (primary N) is 1. The van der Waals surface area contributed by atoms with E-state index in [4.69, 9.17) is 15.2 Å². The van der Waals surface area contributed by atoms with Gasteiger partial charge in [-0.2, -0.15) is 0 Å². The zero-order valence-corrected chi connectivity index (χ0v) is 18.2. The van der Waals surface area contributed by atoms with Crippen molar-refractivity contribution in [3.05, 3.63) is 65.2 Å². The van der Waals surface area contributed by atoms with Gasteiger partial charge in [0.05, 0.1) is 5.56 Å². The fourth-order valence-corrected chi connectivity index (χ4v) is 4.98. The van der Waals surface area contributed by atoms with Crippen LogP contribution in [-0.4, -0.2) is 34.4 Å². The fourth-order valence-electron chi connectivity index (χ4n) is 3.28. The molecule has 2 aromatic carbocycles. The molecule has 0 radical (unpaired) electrons. The zero-order chi connectivity index (χ0) is 20.9. The smallest absolute Gasteiger partial charge is 0.203 e. The van der Waals surface area contributed by atoms with Gasteiger partial charge in [0.15, 0.2) is 22.3 Å². The molecule has 6 nitrogen and oxygen atoms in total. The third-order valence-corrected chi connectivity index (χ3v) is 6.80.